The van der Waals surface area contributed by atoms with Gasteiger partial charge in [0.05, 0.1) is 6.26 Å². The zero-order valence-electron chi connectivity index (χ0n) is 23.1. The number of rotatable bonds is 6. The standard InChI is InChI=1S/C29H39Cl2N3O4S/c1-29(2,3)38-28(35)32-15-13-25(14-16-32)33-19-27(18-22-7-11-24(31)12-8-22)34(39(4,36)37)20-26(33)17-21-5-9-23(30)10-6-21/h5-12,25-27H,13-20H2,1-4H3/t26-,27-/m0/s1. The predicted octanol–water partition coefficient (Wildman–Crippen LogP) is 5.49. The van der Waals surface area contributed by atoms with Gasteiger partial charge in [-0.05, 0) is 81.8 Å². The second-order valence-electron chi connectivity index (χ2n) is 11.7. The second-order valence-corrected chi connectivity index (χ2v) is 14.5. The summed E-state index contributed by atoms with van der Waals surface area (Å²) < 4.78 is 33.3. The largest absolute Gasteiger partial charge is 0.444 e. The van der Waals surface area contributed by atoms with Crippen LogP contribution in [0, 0.1) is 0 Å². The van der Waals surface area contributed by atoms with Gasteiger partial charge in [-0.1, -0.05) is 47.5 Å². The molecule has 10 heteroatoms. The zero-order valence-corrected chi connectivity index (χ0v) is 25.5. The van der Waals surface area contributed by atoms with Gasteiger partial charge < -0.3 is 9.64 Å². The summed E-state index contributed by atoms with van der Waals surface area (Å²) in [5.41, 5.74) is 1.63. The van der Waals surface area contributed by atoms with Crippen LogP contribution in [0.25, 0.3) is 0 Å². The highest BCUT2D eigenvalue weighted by Gasteiger charge is 2.42. The van der Waals surface area contributed by atoms with Crippen LogP contribution in [-0.4, -0.2) is 84.8 Å². The molecule has 1 amide bonds. The van der Waals surface area contributed by atoms with Crippen molar-refractivity contribution in [2.75, 3.05) is 32.4 Å². The Morgan fingerprint density at radius 1 is 0.872 bits per heavy atom. The quantitative estimate of drug-likeness (QED) is 0.441. The fourth-order valence-corrected chi connectivity index (χ4v) is 7.02. The van der Waals surface area contributed by atoms with Crippen molar-refractivity contribution < 1.29 is 17.9 Å². The molecule has 2 atom stereocenters. The van der Waals surface area contributed by atoms with Crippen LogP contribution in [0.15, 0.2) is 48.5 Å². The maximum Gasteiger partial charge on any atom is 0.410 e. The number of halogens is 2. The lowest BCUT2D eigenvalue weighted by atomic mass is 9.93. The van der Waals surface area contributed by atoms with Crippen molar-refractivity contribution in [3.05, 3.63) is 69.7 Å². The first-order chi connectivity index (χ1) is 18.3. The molecule has 0 unspecified atom stereocenters. The number of carbonyl (C=O) groups is 1. The minimum absolute atomic E-state index is 0.000412. The molecule has 4 rings (SSSR count). The van der Waals surface area contributed by atoms with Gasteiger partial charge >= 0.3 is 6.09 Å². The Hall–Kier alpha value is -1.84. The molecule has 0 N–H and O–H groups in total. The molecule has 2 aromatic carbocycles. The van der Waals surface area contributed by atoms with Gasteiger partial charge in [-0.2, -0.15) is 4.31 Å². The molecule has 0 aromatic heterocycles. The van der Waals surface area contributed by atoms with E-state index in [1.165, 1.54) is 6.26 Å². The molecule has 2 aliphatic heterocycles. The maximum atomic E-state index is 13.0. The summed E-state index contributed by atoms with van der Waals surface area (Å²) in [7, 11) is -3.44. The summed E-state index contributed by atoms with van der Waals surface area (Å²) >= 11 is 12.2. The van der Waals surface area contributed by atoms with E-state index in [9.17, 15) is 13.2 Å². The van der Waals surface area contributed by atoms with Gasteiger partial charge in [-0.3, -0.25) is 4.90 Å². The highest BCUT2D eigenvalue weighted by atomic mass is 35.5. The molecule has 2 aromatic rings. The first-order valence-corrected chi connectivity index (χ1v) is 16.1. The lowest BCUT2D eigenvalue weighted by molar-refractivity contribution is -0.00396. The molecular weight excluding hydrogens is 557 g/mol. The number of piperidine rings is 1. The number of carbonyl (C=O) groups excluding carboxylic acids is 1. The maximum absolute atomic E-state index is 13.0. The Bertz CT molecular complexity index is 1220. The number of hydrogen-bond donors (Lipinski definition) is 0. The van der Waals surface area contributed by atoms with Crippen LogP contribution >= 0.6 is 23.2 Å². The van der Waals surface area contributed by atoms with Gasteiger partial charge in [0.1, 0.15) is 5.60 Å². The van der Waals surface area contributed by atoms with Crippen molar-refractivity contribution in [1.82, 2.24) is 14.1 Å². The minimum Gasteiger partial charge on any atom is -0.444 e. The summed E-state index contributed by atoms with van der Waals surface area (Å²) in [4.78, 5) is 16.9. The first kappa shape index (κ1) is 30.1. The molecular formula is C29H39Cl2N3O4S. The van der Waals surface area contributed by atoms with E-state index in [0.717, 1.165) is 24.0 Å². The van der Waals surface area contributed by atoms with Crippen molar-refractivity contribution in [3.63, 3.8) is 0 Å². The van der Waals surface area contributed by atoms with Gasteiger partial charge in [-0.15, -0.1) is 0 Å². The van der Waals surface area contributed by atoms with Gasteiger partial charge in [0.25, 0.3) is 0 Å². The van der Waals surface area contributed by atoms with Gasteiger partial charge in [0, 0.05) is 54.3 Å². The number of hydrogen-bond acceptors (Lipinski definition) is 5. The number of nitrogens with zero attached hydrogens (tertiary/aromatic N) is 3. The molecule has 2 fully saturated rings. The first-order valence-electron chi connectivity index (χ1n) is 13.5. The van der Waals surface area contributed by atoms with Gasteiger partial charge in [0.15, 0.2) is 0 Å². The van der Waals surface area contributed by atoms with E-state index in [4.69, 9.17) is 27.9 Å². The number of benzene rings is 2. The molecule has 39 heavy (non-hydrogen) atoms. The highest BCUT2D eigenvalue weighted by Crippen LogP contribution is 2.30. The fraction of sp³-hybridized carbons (Fsp3) is 0.552. The fourth-order valence-electron chi connectivity index (χ4n) is 5.64. The third kappa shape index (κ3) is 8.33. The third-order valence-electron chi connectivity index (χ3n) is 7.47. The normalized spacial score (nSPS) is 22.2. The smallest absolute Gasteiger partial charge is 0.410 e. The molecule has 0 spiro atoms. The number of amides is 1. The van der Waals surface area contributed by atoms with E-state index in [-0.39, 0.29) is 24.2 Å². The minimum atomic E-state index is -3.44. The van der Waals surface area contributed by atoms with Crippen molar-refractivity contribution in [3.8, 4) is 0 Å². The highest BCUT2D eigenvalue weighted by molar-refractivity contribution is 7.88. The van der Waals surface area contributed by atoms with E-state index in [0.29, 0.717) is 49.1 Å². The summed E-state index contributed by atoms with van der Waals surface area (Å²) in [6.45, 7) is 7.88. The summed E-state index contributed by atoms with van der Waals surface area (Å²) in [6.07, 6.45) is 3.96. The molecule has 2 saturated heterocycles. The van der Waals surface area contributed by atoms with E-state index >= 15 is 0 Å². The third-order valence-corrected chi connectivity index (χ3v) is 9.27. The lowest BCUT2D eigenvalue weighted by Gasteiger charge is -2.50. The summed E-state index contributed by atoms with van der Waals surface area (Å²) in [5, 5.41) is 1.33. The van der Waals surface area contributed by atoms with Crippen LogP contribution in [0.1, 0.15) is 44.7 Å². The molecule has 2 heterocycles. The van der Waals surface area contributed by atoms with Crippen LogP contribution in [0.3, 0.4) is 0 Å². The summed E-state index contributed by atoms with van der Waals surface area (Å²) in [5.74, 6) is 0. The van der Waals surface area contributed by atoms with Crippen molar-refractivity contribution in [2.45, 2.75) is 70.2 Å². The molecule has 214 valence electrons. The van der Waals surface area contributed by atoms with Crippen molar-refractivity contribution in [2.24, 2.45) is 0 Å². The Balaban J connectivity index is 1.56. The Morgan fingerprint density at radius 2 is 1.36 bits per heavy atom. The van der Waals surface area contributed by atoms with E-state index < -0.39 is 15.6 Å². The Morgan fingerprint density at radius 3 is 1.82 bits per heavy atom. The van der Waals surface area contributed by atoms with Crippen LogP contribution in [0.5, 0.6) is 0 Å². The lowest BCUT2D eigenvalue weighted by Crippen LogP contribution is -2.64. The average molecular weight is 597 g/mol. The SMILES string of the molecule is CC(C)(C)OC(=O)N1CCC(N2C[C@H](Cc3ccc(Cl)cc3)N(S(C)(=O)=O)C[C@@H]2Cc2ccc(Cl)cc2)CC1. The molecule has 0 bridgehead atoms. The number of ether oxygens (including phenoxy) is 1. The van der Waals surface area contributed by atoms with Crippen LogP contribution < -0.4 is 0 Å². The molecule has 0 radical (unpaired) electrons. The zero-order chi connectivity index (χ0) is 28.4. The Kier molecular flexibility index (Phi) is 9.54. The number of piperazine rings is 1. The summed E-state index contributed by atoms with van der Waals surface area (Å²) in [6, 6.07) is 15.4. The van der Waals surface area contributed by atoms with E-state index in [1.54, 1.807) is 9.21 Å². The predicted molar refractivity (Wildman–Crippen MR) is 157 cm³/mol. The van der Waals surface area contributed by atoms with Crippen molar-refractivity contribution >= 4 is 39.3 Å². The molecule has 0 saturated carbocycles. The Labute approximate surface area is 243 Å². The topological polar surface area (TPSA) is 70.2 Å². The van der Waals surface area contributed by atoms with Crippen LogP contribution in [-0.2, 0) is 27.6 Å². The molecule has 0 aliphatic carbocycles. The average Bonchev–Trinajstić information content (AvgIpc) is 2.86. The monoisotopic (exact) mass is 595 g/mol. The van der Waals surface area contributed by atoms with Gasteiger partial charge in [-0.25, -0.2) is 13.2 Å². The number of sulfonamides is 1. The van der Waals surface area contributed by atoms with Gasteiger partial charge in [0.2, 0.25) is 10.0 Å². The van der Waals surface area contributed by atoms with Crippen LogP contribution in [0.2, 0.25) is 10.0 Å². The second kappa shape index (κ2) is 12.4. The number of likely N-dealkylation sites (tertiary alicyclic amines) is 1. The molecule has 7 nitrogen and oxygen atoms in total. The molecule has 2 aliphatic rings. The van der Waals surface area contributed by atoms with E-state index in [2.05, 4.69) is 4.90 Å². The van der Waals surface area contributed by atoms with Crippen molar-refractivity contribution in [1.29, 1.82) is 0 Å². The van der Waals surface area contributed by atoms with E-state index in [1.807, 2.05) is 69.3 Å². The van der Waals surface area contributed by atoms with Crippen LogP contribution in [0.4, 0.5) is 4.79 Å².